The summed E-state index contributed by atoms with van der Waals surface area (Å²) in [5.74, 6) is 0.0273. The highest BCUT2D eigenvalue weighted by molar-refractivity contribution is 9.10. The fourth-order valence-electron chi connectivity index (χ4n) is 3.21. The van der Waals surface area contributed by atoms with Crippen LogP contribution in [0.3, 0.4) is 0 Å². The predicted molar refractivity (Wildman–Crippen MR) is 134 cm³/mol. The summed E-state index contributed by atoms with van der Waals surface area (Å²) in [6.07, 6.45) is 1.15. The molecular weight excluding hydrogens is 512 g/mol. The molecule has 0 fully saturated rings. The Morgan fingerprint density at radius 1 is 1.06 bits per heavy atom. The van der Waals surface area contributed by atoms with Crippen LogP contribution >= 0.6 is 27.5 Å². The number of sulfonamides is 1. The maximum Gasteiger partial charge on any atom is 0.251 e. The van der Waals surface area contributed by atoms with Gasteiger partial charge in [0, 0.05) is 16.6 Å². The van der Waals surface area contributed by atoms with E-state index in [0.717, 1.165) is 17.4 Å². The number of hydrogen-bond acceptors (Lipinski definition) is 3. The van der Waals surface area contributed by atoms with Crippen molar-refractivity contribution in [3.05, 3.63) is 99.0 Å². The number of rotatable bonds is 8. The second kappa shape index (κ2) is 10.5. The standard InChI is InChI=1S/C24H24BrClN2O3S/c1-17(19-6-4-3-5-7-19)15-27-24(29)20-10-8-18(9-11-20)16-28(32(2,30)31)21-12-13-22(25)23(26)14-21/h3-14,17H,15-16H2,1-2H3,(H,27,29)/t17-/m0/s1. The van der Waals surface area contributed by atoms with E-state index in [2.05, 4.69) is 28.2 Å². The summed E-state index contributed by atoms with van der Waals surface area (Å²) in [5.41, 5.74) is 2.91. The lowest BCUT2D eigenvalue weighted by molar-refractivity contribution is 0.0951. The Morgan fingerprint density at radius 2 is 1.72 bits per heavy atom. The van der Waals surface area contributed by atoms with Crippen molar-refractivity contribution in [1.29, 1.82) is 0 Å². The predicted octanol–water partition coefficient (Wildman–Crippen LogP) is 5.60. The Kier molecular flexibility index (Phi) is 7.98. The molecule has 0 aliphatic rings. The average molecular weight is 536 g/mol. The molecule has 8 heteroatoms. The molecule has 1 N–H and O–H groups in total. The number of benzene rings is 3. The SMILES string of the molecule is C[C@@H](CNC(=O)c1ccc(CN(c2ccc(Br)c(Cl)c2)S(C)(=O)=O)cc1)c1ccccc1. The minimum Gasteiger partial charge on any atom is -0.351 e. The van der Waals surface area contributed by atoms with Gasteiger partial charge in [0.25, 0.3) is 5.91 Å². The first-order valence-corrected chi connectivity index (χ1v) is 13.0. The van der Waals surface area contributed by atoms with Crippen LogP contribution in [0.4, 0.5) is 5.69 Å². The van der Waals surface area contributed by atoms with Crippen LogP contribution in [-0.2, 0) is 16.6 Å². The number of halogens is 2. The molecule has 0 aliphatic heterocycles. The molecule has 1 amide bonds. The van der Waals surface area contributed by atoms with Gasteiger partial charge in [0.15, 0.2) is 0 Å². The summed E-state index contributed by atoms with van der Waals surface area (Å²) >= 11 is 9.46. The van der Waals surface area contributed by atoms with E-state index in [4.69, 9.17) is 11.6 Å². The van der Waals surface area contributed by atoms with Crippen LogP contribution in [0.2, 0.25) is 5.02 Å². The zero-order valence-electron chi connectivity index (χ0n) is 17.8. The molecule has 0 bridgehead atoms. The third kappa shape index (κ3) is 6.34. The van der Waals surface area contributed by atoms with Gasteiger partial charge in [-0.25, -0.2) is 8.42 Å². The topological polar surface area (TPSA) is 66.5 Å². The number of carbonyl (C=O) groups is 1. The normalized spacial score (nSPS) is 12.2. The molecule has 1 atom stereocenters. The lowest BCUT2D eigenvalue weighted by atomic mass is 10.0. The van der Waals surface area contributed by atoms with E-state index >= 15 is 0 Å². The number of carbonyl (C=O) groups excluding carboxylic acids is 1. The molecule has 0 heterocycles. The van der Waals surface area contributed by atoms with Crippen LogP contribution in [0.1, 0.15) is 34.3 Å². The first kappa shape index (κ1) is 24.3. The molecule has 5 nitrogen and oxygen atoms in total. The van der Waals surface area contributed by atoms with Gasteiger partial charge < -0.3 is 5.32 Å². The fourth-order valence-corrected chi connectivity index (χ4v) is 4.52. The Bertz CT molecular complexity index is 1190. The molecule has 3 rings (SSSR count). The minimum absolute atomic E-state index is 0.129. The van der Waals surface area contributed by atoms with Gasteiger partial charge in [0.1, 0.15) is 0 Å². The van der Waals surface area contributed by atoms with Crippen LogP contribution < -0.4 is 9.62 Å². The van der Waals surface area contributed by atoms with Gasteiger partial charge in [-0.15, -0.1) is 0 Å². The molecule has 3 aromatic rings. The summed E-state index contributed by atoms with van der Waals surface area (Å²) in [6.45, 7) is 2.72. The highest BCUT2D eigenvalue weighted by Crippen LogP contribution is 2.29. The van der Waals surface area contributed by atoms with Crippen molar-refractivity contribution >= 4 is 49.1 Å². The van der Waals surface area contributed by atoms with Crippen molar-refractivity contribution in [1.82, 2.24) is 5.32 Å². The van der Waals surface area contributed by atoms with Crippen molar-refractivity contribution in [3.8, 4) is 0 Å². The van der Waals surface area contributed by atoms with E-state index < -0.39 is 10.0 Å². The summed E-state index contributed by atoms with van der Waals surface area (Å²) < 4.78 is 26.7. The van der Waals surface area contributed by atoms with Gasteiger partial charge in [-0.3, -0.25) is 9.10 Å². The monoisotopic (exact) mass is 534 g/mol. The van der Waals surface area contributed by atoms with E-state index in [0.29, 0.717) is 27.3 Å². The van der Waals surface area contributed by atoms with E-state index in [9.17, 15) is 13.2 Å². The molecule has 0 aliphatic carbocycles. The number of hydrogen-bond donors (Lipinski definition) is 1. The zero-order chi connectivity index (χ0) is 23.3. The van der Waals surface area contributed by atoms with E-state index in [1.807, 2.05) is 30.3 Å². The van der Waals surface area contributed by atoms with Crippen LogP contribution in [0.15, 0.2) is 77.3 Å². The number of anilines is 1. The van der Waals surface area contributed by atoms with Gasteiger partial charge in [-0.1, -0.05) is 61.0 Å². The lowest BCUT2D eigenvalue weighted by Crippen LogP contribution is -2.29. The maximum atomic E-state index is 12.5. The summed E-state index contributed by atoms with van der Waals surface area (Å²) in [7, 11) is -3.54. The van der Waals surface area contributed by atoms with Gasteiger partial charge in [0.05, 0.1) is 23.5 Å². The molecule has 0 saturated carbocycles. The molecule has 168 valence electrons. The highest BCUT2D eigenvalue weighted by Gasteiger charge is 2.19. The molecule has 0 radical (unpaired) electrons. The van der Waals surface area contributed by atoms with Crippen LogP contribution in [0.25, 0.3) is 0 Å². The molecular formula is C24H24BrClN2O3S. The third-order valence-corrected chi connectivity index (χ3v) is 7.44. The van der Waals surface area contributed by atoms with E-state index in [-0.39, 0.29) is 18.4 Å². The highest BCUT2D eigenvalue weighted by atomic mass is 79.9. The van der Waals surface area contributed by atoms with Crippen molar-refractivity contribution in [2.75, 3.05) is 17.1 Å². The molecule has 3 aromatic carbocycles. The van der Waals surface area contributed by atoms with Gasteiger partial charge in [-0.2, -0.15) is 0 Å². The first-order valence-electron chi connectivity index (χ1n) is 10.00. The minimum atomic E-state index is -3.54. The molecule has 32 heavy (non-hydrogen) atoms. The van der Waals surface area contributed by atoms with Gasteiger partial charge in [0.2, 0.25) is 10.0 Å². The molecule has 0 unspecified atom stereocenters. The number of amides is 1. The zero-order valence-corrected chi connectivity index (χ0v) is 20.9. The van der Waals surface area contributed by atoms with E-state index in [1.165, 1.54) is 4.31 Å². The summed E-state index contributed by atoms with van der Waals surface area (Å²) in [5, 5.41) is 3.38. The second-order valence-electron chi connectivity index (χ2n) is 7.59. The van der Waals surface area contributed by atoms with Gasteiger partial charge >= 0.3 is 0 Å². The maximum absolute atomic E-state index is 12.5. The van der Waals surface area contributed by atoms with Crippen LogP contribution in [0.5, 0.6) is 0 Å². The molecule has 0 aromatic heterocycles. The van der Waals surface area contributed by atoms with Crippen LogP contribution in [-0.4, -0.2) is 27.1 Å². The summed E-state index contributed by atoms with van der Waals surface area (Å²) in [6, 6.07) is 21.9. The van der Waals surface area contributed by atoms with Crippen molar-refractivity contribution in [2.24, 2.45) is 0 Å². The number of nitrogens with one attached hydrogen (secondary N) is 1. The number of nitrogens with zero attached hydrogens (tertiary/aromatic N) is 1. The smallest absolute Gasteiger partial charge is 0.251 e. The van der Waals surface area contributed by atoms with Crippen molar-refractivity contribution < 1.29 is 13.2 Å². The van der Waals surface area contributed by atoms with Crippen molar-refractivity contribution in [3.63, 3.8) is 0 Å². The quantitative estimate of drug-likeness (QED) is 0.408. The summed E-state index contributed by atoms with van der Waals surface area (Å²) in [4.78, 5) is 12.5. The second-order valence-corrected chi connectivity index (χ2v) is 10.8. The van der Waals surface area contributed by atoms with Gasteiger partial charge in [-0.05, 0) is 63.3 Å². The Morgan fingerprint density at radius 3 is 2.31 bits per heavy atom. The molecule has 0 spiro atoms. The van der Waals surface area contributed by atoms with Crippen LogP contribution in [0, 0.1) is 0 Å². The first-order chi connectivity index (χ1) is 15.1. The lowest BCUT2D eigenvalue weighted by Gasteiger charge is -2.23. The Balaban J connectivity index is 1.68. The Hall–Kier alpha value is -2.35. The molecule has 0 saturated heterocycles. The average Bonchev–Trinajstić information content (AvgIpc) is 2.78. The Labute approximate surface area is 202 Å². The largest absolute Gasteiger partial charge is 0.351 e. The van der Waals surface area contributed by atoms with E-state index in [1.54, 1.807) is 42.5 Å². The fraction of sp³-hybridized carbons (Fsp3) is 0.208. The van der Waals surface area contributed by atoms with Crippen molar-refractivity contribution in [2.45, 2.75) is 19.4 Å². The third-order valence-electron chi connectivity index (χ3n) is 5.07.